The third kappa shape index (κ3) is 3.63. The van der Waals surface area contributed by atoms with E-state index < -0.39 is 6.36 Å². The Morgan fingerprint density at radius 1 is 1.24 bits per heavy atom. The van der Waals surface area contributed by atoms with Crippen LogP contribution in [0.1, 0.15) is 30.9 Å². The molecule has 17 heavy (non-hydrogen) atoms. The highest BCUT2D eigenvalue weighted by Crippen LogP contribution is 2.28. The van der Waals surface area contributed by atoms with E-state index in [1.165, 1.54) is 12.1 Å². The maximum atomic E-state index is 12.1. The number of benzene rings is 1. The summed E-state index contributed by atoms with van der Waals surface area (Å²) in [5.41, 5.74) is 0.853. The van der Waals surface area contributed by atoms with Crippen molar-refractivity contribution in [3.63, 3.8) is 0 Å². The standard InChI is InChI=1S/C12H14F3NO/c13-12(14,15)17-10-5-3-4-9(8-10)11-6-1-2-7-16-11/h3-5,8,11,16H,1-2,6-7H2/t11-/m0/s1. The average molecular weight is 245 g/mol. The van der Waals surface area contributed by atoms with Crippen molar-refractivity contribution in [1.29, 1.82) is 0 Å². The highest BCUT2D eigenvalue weighted by Gasteiger charge is 2.31. The zero-order valence-corrected chi connectivity index (χ0v) is 9.26. The minimum Gasteiger partial charge on any atom is -0.406 e. The quantitative estimate of drug-likeness (QED) is 0.862. The summed E-state index contributed by atoms with van der Waals surface area (Å²) in [5, 5.41) is 3.29. The molecule has 1 saturated heterocycles. The summed E-state index contributed by atoms with van der Waals surface area (Å²) < 4.78 is 40.1. The Kier molecular flexibility index (Phi) is 3.57. The molecular formula is C12H14F3NO. The van der Waals surface area contributed by atoms with Crippen LogP contribution in [0.15, 0.2) is 24.3 Å². The van der Waals surface area contributed by atoms with E-state index in [0.717, 1.165) is 31.4 Å². The van der Waals surface area contributed by atoms with E-state index in [-0.39, 0.29) is 11.8 Å². The van der Waals surface area contributed by atoms with Crippen molar-refractivity contribution in [1.82, 2.24) is 5.32 Å². The molecule has 0 amide bonds. The Bertz CT molecular complexity index is 372. The van der Waals surface area contributed by atoms with Crippen LogP contribution in [0.25, 0.3) is 0 Å². The molecule has 1 heterocycles. The molecule has 1 atom stereocenters. The number of hydrogen-bond donors (Lipinski definition) is 1. The van der Waals surface area contributed by atoms with E-state index >= 15 is 0 Å². The summed E-state index contributed by atoms with van der Waals surface area (Å²) in [6, 6.07) is 6.33. The normalized spacial score (nSPS) is 21.2. The molecule has 2 nitrogen and oxygen atoms in total. The fourth-order valence-electron chi connectivity index (χ4n) is 2.06. The lowest BCUT2D eigenvalue weighted by Gasteiger charge is -2.24. The summed E-state index contributed by atoms with van der Waals surface area (Å²) in [6.07, 6.45) is -1.45. The van der Waals surface area contributed by atoms with E-state index in [0.29, 0.717) is 0 Å². The summed E-state index contributed by atoms with van der Waals surface area (Å²) in [6.45, 7) is 0.912. The minimum absolute atomic E-state index is 0.139. The van der Waals surface area contributed by atoms with Crippen LogP contribution in [-0.2, 0) is 0 Å². The smallest absolute Gasteiger partial charge is 0.406 e. The molecule has 0 aromatic heterocycles. The van der Waals surface area contributed by atoms with Crippen LogP contribution in [0.5, 0.6) is 5.75 Å². The highest BCUT2D eigenvalue weighted by atomic mass is 19.4. The van der Waals surface area contributed by atoms with E-state index in [4.69, 9.17) is 0 Å². The molecular weight excluding hydrogens is 231 g/mol. The molecule has 1 aliphatic rings. The number of alkyl halides is 3. The van der Waals surface area contributed by atoms with Crippen molar-refractivity contribution in [3.8, 4) is 5.75 Å². The van der Waals surface area contributed by atoms with Gasteiger partial charge in [-0.3, -0.25) is 0 Å². The number of piperidine rings is 1. The van der Waals surface area contributed by atoms with Crippen LogP contribution in [0.3, 0.4) is 0 Å². The number of nitrogens with one attached hydrogen (secondary N) is 1. The molecule has 1 fully saturated rings. The first-order valence-corrected chi connectivity index (χ1v) is 5.64. The van der Waals surface area contributed by atoms with Gasteiger partial charge in [-0.2, -0.15) is 0 Å². The molecule has 0 unspecified atom stereocenters. The Labute approximate surface area is 97.8 Å². The second-order valence-corrected chi connectivity index (χ2v) is 4.12. The maximum absolute atomic E-state index is 12.1. The Balaban J connectivity index is 2.10. The van der Waals surface area contributed by atoms with Crippen LogP contribution in [0.2, 0.25) is 0 Å². The number of hydrogen-bond acceptors (Lipinski definition) is 2. The zero-order chi connectivity index (χ0) is 12.3. The molecule has 1 aliphatic heterocycles. The summed E-state index contributed by atoms with van der Waals surface area (Å²) in [4.78, 5) is 0. The van der Waals surface area contributed by atoms with Crippen LogP contribution >= 0.6 is 0 Å². The fraction of sp³-hybridized carbons (Fsp3) is 0.500. The number of ether oxygens (including phenoxy) is 1. The van der Waals surface area contributed by atoms with Crippen LogP contribution in [0.4, 0.5) is 13.2 Å². The number of rotatable bonds is 2. The third-order valence-corrected chi connectivity index (χ3v) is 2.80. The minimum atomic E-state index is -4.63. The molecule has 5 heteroatoms. The van der Waals surface area contributed by atoms with E-state index in [1.54, 1.807) is 6.07 Å². The van der Waals surface area contributed by atoms with Crippen molar-refractivity contribution in [2.24, 2.45) is 0 Å². The van der Waals surface area contributed by atoms with E-state index in [9.17, 15) is 13.2 Å². The molecule has 0 bridgehead atoms. The lowest BCUT2D eigenvalue weighted by atomic mass is 9.97. The van der Waals surface area contributed by atoms with Crippen molar-refractivity contribution in [2.45, 2.75) is 31.7 Å². The average Bonchev–Trinajstić information content (AvgIpc) is 2.28. The number of halogens is 3. The van der Waals surface area contributed by atoms with Crippen LogP contribution in [-0.4, -0.2) is 12.9 Å². The van der Waals surface area contributed by atoms with Gasteiger partial charge in [0, 0.05) is 6.04 Å². The topological polar surface area (TPSA) is 21.3 Å². The SMILES string of the molecule is FC(F)(F)Oc1cccc([C@@H]2CCCCN2)c1. The molecule has 0 saturated carbocycles. The first kappa shape index (κ1) is 12.2. The second kappa shape index (κ2) is 4.96. The first-order chi connectivity index (χ1) is 8.04. The molecule has 1 N–H and O–H groups in total. The molecule has 0 spiro atoms. The third-order valence-electron chi connectivity index (χ3n) is 2.80. The molecule has 1 aromatic rings. The van der Waals surface area contributed by atoms with Gasteiger partial charge in [0.1, 0.15) is 5.75 Å². The predicted octanol–water partition coefficient (Wildman–Crippen LogP) is 3.40. The molecule has 1 aromatic carbocycles. The van der Waals surface area contributed by atoms with Crippen molar-refractivity contribution < 1.29 is 17.9 Å². The van der Waals surface area contributed by atoms with E-state index in [1.807, 2.05) is 6.07 Å². The Hall–Kier alpha value is -1.23. The summed E-state index contributed by atoms with van der Waals surface area (Å²) in [5.74, 6) is -0.151. The Morgan fingerprint density at radius 2 is 2.06 bits per heavy atom. The maximum Gasteiger partial charge on any atom is 0.573 e. The molecule has 94 valence electrons. The van der Waals surface area contributed by atoms with Crippen molar-refractivity contribution in [3.05, 3.63) is 29.8 Å². The lowest BCUT2D eigenvalue weighted by molar-refractivity contribution is -0.274. The van der Waals surface area contributed by atoms with Gasteiger partial charge in [-0.15, -0.1) is 13.2 Å². The zero-order valence-electron chi connectivity index (χ0n) is 9.26. The van der Waals surface area contributed by atoms with Gasteiger partial charge >= 0.3 is 6.36 Å². The molecule has 0 radical (unpaired) electrons. The van der Waals surface area contributed by atoms with Gasteiger partial charge in [-0.25, -0.2) is 0 Å². The van der Waals surface area contributed by atoms with Gasteiger partial charge in [0.05, 0.1) is 0 Å². The van der Waals surface area contributed by atoms with Gasteiger partial charge in [0.15, 0.2) is 0 Å². The van der Waals surface area contributed by atoms with Crippen LogP contribution in [0, 0.1) is 0 Å². The van der Waals surface area contributed by atoms with Crippen LogP contribution < -0.4 is 10.1 Å². The fourth-order valence-corrected chi connectivity index (χ4v) is 2.06. The van der Waals surface area contributed by atoms with Gasteiger partial charge in [-0.05, 0) is 37.1 Å². The molecule has 2 rings (SSSR count). The highest BCUT2D eigenvalue weighted by molar-refractivity contribution is 5.31. The van der Waals surface area contributed by atoms with Gasteiger partial charge < -0.3 is 10.1 Å². The lowest BCUT2D eigenvalue weighted by Crippen LogP contribution is -2.26. The largest absolute Gasteiger partial charge is 0.573 e. The van der Waals surface area contributed by atoms with Gasteiger partial charge in [-0.1, -0.05) is 18.6 Å². The van der Waals surface area contributed by atoms with Gasteiger partial charge in [0.2, 0.25) is 0 Å². The monoisotopic (exact) mass is 245 g/mol. The van der Waals surface area contributed by atoms with Crippen molar-refractivity contribution >= 4 is 0 Å². The van der Waals surface area contributed by atoms with Gasteiger partial charge in [0.25, 0.3) is 0 Å². The van der Waals surface area contributed by atoms with Crippen molar-refractivity contribution in [2.75, 3.05) is 6.54 Å². The first-order valence-electron chi connectivity index (χ1n) is 5.64. The summed E-state index contributed by atoms with van der Waals surface area (Å²) in [7, 11) is 0. The predicted molar refractivity (Wildman–Crippen MR) is 57.7 cm³/mol. The summed E-state index contributed by atoms with van der Waals surface area (Å²) >= 11 is 0. The van der Waals surface area contributed by atoms with E-state index in [2.05, 4.69) is 10.1 Å². The molecule has 0 aliphatic carbocycles. The second-order valence-electron chi connectivity index (χ2n) is 4.12. The Morgan fingerprint density at radius 3 is 2.71 bits per heavy atom.